The molecule has 20 heavy (non-hydrogen) atoms. The van der Waals surface area contributed by atoms with Crippen LogP contribution in [0.3, 0.4) is 0 Å². The van der Waals surface area contributed by atoms with Gasteiger partial charge in [0.25, 0.3) is 0 Å². The molecule has 0 radical (unpaired) electrons. The Balaban J connectivity index is 2.02. The third-order valence-corrected chi connectivity index (χ3v) is 3.19. The van der Waals surface area contributed by atoms with Crippen molar-refractivity contribution in [3.8, 4) is 0 Å². The van der Waals surface area contributed by atoms with Crippen LogP contribution in [0.4, 0.5) is 0 Å². The molecule has 0 aliphatic carbocycles. The summed E-state index contributed by atoms with van der Waals surface area (Å²) in [7, 11) is 0. The lowest BCUT2D eigenvalue weighted by Gasteiger charge is -2.02. The first-order valence-corrected chi connectivity index (χ1v) is 6.68. The number of nitrogens with two attached hydrogens (primary N) is 1. The van der Waals surface area contributed by atoms with Gasteiger partial charge >= 0.3 is 0 Å². The van der Waals surface area contributed by atoms with Gasteiger partial charge in [-0.1, -0.05) is 0 Å². The van der Waals surface area contributed by atoms with Crippen LogP contribution in [0, 0.1) is 0 Å². The van der Waals surface area contributed by atoms with Gasteiger partial charge < -0.3 is 10.3 Å². The van der Waals surface area contributed by atoms with E-state index >= 15 is 0 Å². The van der Waals surface area contributed by atoms with Crippen molar-refractivity contribution in [2.24, 2.45) is 5.73 Å². The second kappa shape index (κ2) is 5.38. The maximum atomic E-state index is 5.92. The largest absolute Gasteiger partial charge is 0.328 e. The molecule has 0 aliphatic rings. The Morgan fingerprint density at radius 3 is 2.65 bits per heavy atom. The normalized spacial score (nSPS) is 12.7. The highest BCUT2D eigenvalue weighted by Crippen LogP contribution is 2.21. The van der Waals surface area contributed by atoms with Crippen LogP contribution in [0.15, 0.2) is 43.0 Å². The van der Waals surface area contributed by atoms with Gasteiger partial charge in [-0.2, -0.15) is 0 Å². The van der Waals surface area contributed by atoms with E-state index in [4.69, 9.17) is 5.73 Å². The molecule has 0 saturated heterocycles. The molecular formula is C15H17N5. The molecule has 5 heteroatoms. The molecule has 0 saturated carbocycles. The average molecular weight is 267 g/mol. The fourth-order valence-electron chi connectivity index (χ4n) is 2.39. The molecule has 5 nitrogen and oxygen atoms in total. The minimum atomic E-state index is 0.127. The Morgan fingerprint density at radius 1 is 1.15 bits per heavy atom. The third-order valence-electron chi connectivity index (χ3n) is 3.19. The smallest absolute Gasteiger partial charge is 0.147 e. The van der Waals surface area contributed by atoms with Crippen molar-refractivity contribution < 1.29 is 0 Å². The van der Waals surface area contributed by atoms with Crippen molar-refractivity contribution in [1.82, 2.24) is 19.5 Å². The highest BCUT2D eigenvalue weighted by Gasteiger charge is 2.11. The summed E-state index contributed by atoms with van der Waals surface area (Å²) in [4.78, 5) is 13.0. The quantitative estimate of drug-likeness (QED) is 0.782. The Hall–Kier alpha value is -2.27. The minimum Gasteiger partial charge on any atom is -0.328 e. The van der Waals surface area contributed by atoms with Gasteiger partial charge in [0.1, 0.15) is 11.5 Å². The fourth-order valence-corrected chi connectivity index (χ4v) is 2.39. The van der Waals surface area contributed by atoms with Crippen LogP contribution in [0.25, 0.3) is 11.0 Å². The molecule has 0 amide bonds. The monoisotopic (exact) mass is 267 g/mol. The summed E-state index contributed by atoms with van der Waals surface area (Å²) in [5.74, 6) is 0.780. The maximum absolute atomic E-state index is 5.92. The van der Waals surface area contributed by atoms with Crippen LogP contribution in [0.1, 0.15) is 18.3 Å². The summed E-state index contributed by atoms with van der Waals surface area (Å²) < 4.78 is 2.09. The zero-order valence-electron chi connectivity index (χ0n) is 11.4. The maximum Gasteiger partial charge on any atom is 0.147 e. The van der Waals surface area contributed by atoms with Gasteiger partial charge in [-0.15, -0.1) is 0 Å². The molecule has 0 bridgehead atoms. The van der Waals surface area contributed by atoms with Crippen LogP contribution >= 0.6 is 0 Å². The van der Waals surface area contributed by atoms with Gasteiger partial charge in [-0.25, -0.2) is 15.0 Å². The summed E-state index contributed by atoms with van der Waals surface area (Å²) in [6.45, 7) is 2.63. The Bertz CT molecular complexity index is 703. The van der Waals surface area contributed by atoms with E-state index in [1.807, 2.05) is 19.1 Å². The molecule has 0 spiro atoms. The standard InChI is InChI=1S/C15H17N5/c1-11(16)8-12-9-20(10-14-17-6-3-7-18-14)15-13(12)4-2-5-19-15/h2-7,9,11H,8,10,16H2,1H3. The molecule has 102 valence electrons. The van der Waals surface area contributed by atoms with Gasteiger partial charge in [-0.3, -0.25) is 0 Å². The zero-order valence-corrected chi connectivity index (χ0v) is 11.4. The van der Waals surface area contributed by atoms with E-state index in [9.17, 15) is 0 Å². The van der Waals surface area contributed by atoms with Crippen molar-refractivity contribution in [1.29, 1.82) is 0 Å². The molecule has 0 aliphatic heterocycles. The van der Waals surface area contributed by atoms with Crippen molar-refractivity contribution in [3.63, 3.8) is 0 Å². The van der Waals surface area contributed by atoms with Gasteiger partial charge in [0.2, 0.25) is 0 Å². The topological polar surface area (TPSA) is 69.6 Å². The molecule has 3 heterocycles. The lowest BCUT2D eigenvalue weighted by molar-refractivity contribution is 0.727. The highest BCUT2D eigenvalue weighted by molar-refractivity contribution is 5.80. The predicted molar refractivity (Wildman–Crippen MR) is 78.2 cm³/mol. The molecule has 1 unspecified atom stereocenters. The van der Waals surface area contributed by atoms with Gasteiger partial charge in [0.05, 0.1) is 6.54 Å². The summed E-state index contributed by atoms with van der Waals surface area (Å²) in [6, 6.07) is 5.98. The van der Waals surface area contributed by atoms with Crippen LogP contribution < -0.4 is 5.73 Å². The second-order valence-electron chi connectivity index (χ2n) is 5.00. The Kier molecular flexibility index (Phi) is 3.43. The number of rotatable bonds is 4. The summed E-state index contributed by atoms with van der Waals surface area (Å²) in [6.07, 6.45) is 8.26. The SMILES string of the molecule is CC(N)Cc1cn(Cc2ncccn2)c2ncccc12. The van der Waals surface area contributed by atoms with E-state index in [1.165, 1.54) is 5.56 Å². The first kappa shape index (κ1) is 12.7. The summed E-state index contributed by atoms with van der Waals surface area (Å²) >= 11 is 0. The lowest BCUT2D eigenvalue weighted by Crippen LogP contribution is -2.17. The molecule has 3 rings (SSSR count). The number of nitrogens with zero attached hydrogens (tertiary/aromatic N) is 4. The number of hydrogen-bond donors (Lipinski definition) is 1. The van der Waals surface area contributed by atoms with E-state index in [2.05, 4.69) is 31.8 Å². The summed E-state index contributed by atoms with van der Waals surface area (Å²) in [5.41, 5.74) is 8.10. The predicted octanol–water partition coefficient (Wildman–Crippen LogP) is 1.76. The molecule has 3 aromatic rings. The number of hydrogen-bond acceptors (Lipinski definition) is 4. The van der Waals surface area contributed by atoms with Crippen LogP contribution in [0.5, 0.6) is 0 Å². The van der Waals surface area contributed by atoms with Crippen molar-refractivity contribution >= 4 is 11.0 Å². The molecule has 1 atom stereocenters. The fraction of sp³-hybridized carbons (Fsp3) is 0.267. The number of pyridine rings is 1. The number of aromatic nitrogens is 4. The van der Waals surface area contributed by atoms with Crippen LogP contribution in [-0.4, -0.2) is 25.6 Å². The van der Waals surface area contributed by atoms with E-state index in [1.54, 1.807) is 18.6 Å². The second-order valence-corrected chi connectivity index (χ2v) is 5.00. The molecule has 3 aromatic heterocycles. The number of fused-ring (bicyclic) bond motifs is 1. The zero-order chi connectivity index (χ0) is 13.9. The van der Waals surface area contributed by atoms with Crippen LogP contribution in [0.2, 0.25) is 0 Å². The molecule has 2 N–H and O–H groups in total. The average Bonchev–Trinajstić information content (AvgIpc) is 2.78. The first-order chi connectivity index (χ1) is 9.74. The first-order valence-electron chi connectivity index (χ1n) is 6.68. The van der Waals surface area contributed by atoms with Crippen LogP contribution in [-0.2, 0) is 13.0 Å². The Labute approximate surface area is 117 Å². The minimum absolute atomic E-state index is 0.127. The Morgan fingerprint density at radius 2 is 1.90 bits per heavy atom. The van der Waals surface area contributed by atoms with Crippen molar-refractivity contribution in [2.75, 3.05) is 0 Å². The third kappa shape index (κ3) is 2.53. The lowest BCUT2D eigenvalue weighted by atomic mass is 10.1. The van der Waals surface area contributed by atoms with Gasteiger partial charge in [0.15, 0.2) is 0 Å². The van der Waals surface area contributed by atoms with E-state index in [0.717, 1.165) is 23.3 Å². The van der Waals surface area contributed by atoms with E-state index in [-0.39, 0.29) is 6.04 Å². The van der Waals surface area contributed by atoms with Gasteiger partial charge in [-0.05, 0) is 37.1 Å². The highest BCUT2D eigenvalue weighted by atomic mass is 15.1. The molecule has 0 fully saturated rings. The van der Waals surface area contributed by atoms with E-state index in [0.29, 0.717) is 6.54 Å². The van der Waals surface area contributed by atoms with Crippen molar-refractivity contribution in [2.45, 2.75) is 25.9 Å². The molecular weight excluding hydrogens is 250 g/mol. The van der Waals surface area contributed by atoms with E-state index < -0.39 is 0 Å². The van der Waals surface area contributed by atoms with Gasteiger partial charge in [0, 0.05) is 36.2 Å². The molecule has 0 aromatic carbocycles. The summed E-state index contributed by atoms with van der Waals surface area (Å²) in [5, 5.41) is 1.15. The van der Waals surface area contributed by atoms with Crippen molar-refractivity contribution in [3.05, 3.63) is 54.4 Å².